The second-order valence-electron chi connectivity index (χ2n) is 4.39. The highest BCUT2D eigenvalue weighted by Gasteiger charge is 2.09. The van der Waals surface area contributed by atoms with E-state index in [0.717, 1.165) is 29.4 Å². The molecular formula is C13H19BrN2O2. The predicted octanol–water partition coefficient (Wildman–Crippen LogP) is 3.88. The molecule has 0 unspecified atom stereocenters. The van der Waals surface area contributed by atoms with Gasteiger partial charge in [0.05, 0.1) is 4.92 Å². The smallest absolute Gasteiger partial charge is 0.270 e. The fraction of sp³-hybridized carbons (Fsp3) is 0.538. The monoisotopic (exact) mass is 314 g/mol. The molecule has 100 valence electrons. The minimum absolute atomic E-state index is 0.128. The Hall–Kier alpha value is -0.940. The third kappa shape index (κ3) is 4.74. The van der Waals surface area contributed by atoms with Crippen LogP contribution < -0.4 is 5.32 Å². The minimum atomic E-state index is -0.366. The lowest BCUT2D eigenvalue weighted by Crippen LogP contribution is -2.21. The molecule has 0 aromatic heterocycles. The van der Waals surface area contributed by atoms with Crippen LogP contribution in [0.15, 0.2) is 22.7 Å². The van der Waals surface area contributed by atoms with Gasteiger partial charge < -0.3 is 5.32 Å². The highest BCUT2D eigenvalue weighted by molar-refractivity contribution is 9.10. The molecule has 1 rings (SSSR count). The molecule has 0 spiro atoms. The first-order chi connectivity index (χ1) is 8.56. The zero-order valence-corrected chi connectivity index (χ0v) is 12.4. The molecule has 0 amide bonds. The summed E-state index contributed by atoms with van der Waals surface area (Å²) in [6.07, 6.45) is 2.31. The van der Waals surface area contributed by atoms with E-state index in [1.807, 2.05) is 6.07 Å². The molecule has 0 saturated heterocycles. The Kier molecular flexibility index (Phi) is 6.29. The summed E-state index contributed by atoms with van der Waals surface area (Å²) in [4.78, 5) is 10.4. The van der Waals surface area contributed by atoms with E-state index in [1.54, 1.807) is 6.07 Å². The summed E-state index contributed by atoms with van der Waals surface area (Å²) in [5.41, 5.74) is 1.06. The van der Waals surface area contributed by atoms with E-state index in [-0.39, 0.29) is 10.6 Å². The van der Waals surface area contributed by atoms with Crippen LogP contribution in [0.25, 0.3) is 0 Å². The van der Waals surface area contributed by atoms with Crippen LogP contribution in [0.4, 0.5) is 5.69 Å². The third-order valence-corrected chi connectivity index (χ3v) is 3.53. The molecule has 1 aromatic carbocycles. The number of hydrogen-bond acceptors (Lipinski definition) is 3. The van der Waals surface area contributed by atoms with Crippen LogP contribution in [0.3, 0.4) is 0 Å². The maximum Gasteiger partial charge on any atom is 0.270 e. The second-order valence-corrected chi connectivity index (χ2v) is 5.30. The average molecular weight is 315 g/mol. The van der Waals surface area contributed by atoms with Crippen LogP contribution in [0.1, 0.15) is 32.3 Å². The van der Waals surface area contributed by atoms with Crippen molar-refractivity contribution in [1.29, 1.82) is 0 Å². The molecule has 1 N–H and O–H groups in total. The van der Waals surface area contributed by atoms with Crippen LogP contribution in [0.2, 0.25) is 0 Å². The standard InChI is InChI=1S/C13H19BrN2O2/c1-3-10(4-2)8-15-9-11-5-12(14)7-13(6-11)16(17)18/h5-7,10,15H,3-4,8-9H2,1-2H3. The molecule has 0 heterocycles. The van der Waals surface area contributed by atoms with Crippen molar-refractivity contribution in [2.24, 2.45) is 5.92 Å². The molecule has 0 atom stereocenters. The largest absolute Gasteiger partial charge is 0.312 e. The van der Waals surface area contributed by atoms with Gasteiger partial charge >= 0.3 is 0 Å². The summed E-state index contributed by atoms with van der Waals surface area (Å²) in [5.74, 6) is 0.673. The summed E-state index contributed by atoms with van der Waals surface area (Å²) in [7, 11) is 0. The number of non-ortho nitro benzene ring substituents is 1. The number of rotatable bonds is 7. The van der Waals surface area contributed by atoms with Gasteiger partial charge in [-0.25, -0.2) is 0 Å². The highest BCUT2D eigenvalue weighted by atomic mass is 79.9. The Morgan fingerprint density at radius 2 is 2.00 bits per heavy atom. The van der Waals surface area contributed by atoms with Crippen LogP contribution in [-0.4, -0.2) is 11.5 Å². The van der Waals surface area contributed by atoms with Crippen molar-refractivity contribution in [3.05, 3.63) is 38.3 Å². The van der Waals surface area contributed by atoms with Gasteiger partial charge in [0.15, 0.2) is 0 Å². The fourth-order valence-corrected chi connectivity index (χ4v) is 2.37. The topological polar surface area (TPSA) is 55.2 Å². The van der Waals surface area contributed by atoms with E-state index < -0.39 is 0 Å². The molecule has 0 radical (unpaired) electrons. The van der Waals surface area contributed by atoms with Gasteiger partial charge in [0, 0.05) is 23.2 Å². The number of benzene rings is 1. The Morgan fingerprint density at radius 1 is 1.33 bits per heavy atom. The molecule has 0 aliphatic rings. The maximum absolute atomic E-state index is 10.7. The summed E-state index contributed by atoms with van der Waals surface area (Å²) in [6.45, 7) is 5.98. The minimum Gasteiger partial charge on any atom is -0.312 e. The van der Waals surface area contributed by atoms with Crippen LogP contribution in [-0.2, 0) is 6.54 Å². The average Bonchev–Trinajstić information content (AvgIpc) is 2.34. The number of nitrogens with zero attached hydrogens (tertiary/aromatic N) is 1. The number of halogens is 1. The molecule has 5 heteroatoms. The lowest BCUT2D eigenvalue weighted by atomic mass is 10.0. The summed E-state index contributed by atoms with van der Waals surface area (Å²) in [6, 6.07) is 5.04. The summed E-state index contributed by atoms with van der Waals surface area (Å²) in [5, 5.41) is 14.1. The molecule has 0 fully saturated rings. The van der Waals surface area contributed by atoms with Gasteiger partial charge in [-0.15, -0.1) is 0 Å². The third-order valence-electron chi connectivity index (χ3n) is 3.07. The first-order valence-corrected chi connectivity index (χ1v) is 7.00. The Balaban J connectivity index is 2.59. The Morgan fingerprint density at radius 3 is 2.56 bits per heavy atom. The van der Waals surface area contributed by atoms with Crippen molar-refractivity contribution in [1.82, 2.24) is 5.32 Å². The van der Waals surface area contributed by atoms with Crippen LogP contribution >= 0.6 is 15.9 Å². The van der Waals surface area contributed by atoms with E-state index in [1.165, 1.54) is 6.07 Å². The Labute approximate surface area is 116 Å². The summed E-state index contributed by atoms with van der Waals surface area (Å²) < 4.78 is 0.746. The van der Waals surface area contributed by atoms with Gasteiger partial charge in [-0.1, -0.05) is 42.6 Å². The van der Waals surface area contributed by atoms with Gasteiger partial charge in [0.1, 0.15) is 0 Å². The molecule has 4 nitrogen and oxygen atoms in total. The molecule has 0 bridgehead atoms. The first kappa shape index (κ1) is 15.1. The SMILES string of the molecule is CCC(CC)CNCc1cc(Br)cc([N+](=O)[O-])c1. The van der Waals surface area contributed by atoms with Crippen molar-refractivity contribution < 1.29 is 4.92 Å². The number of nitrogens with one attached hydrogen (secondary N) is 1. The molecule has 1 aromatic rings. The number of hydrogen-bond donors (Lipinski definition) is 1. The van der Waals surface area contributed by atoms with E-state index in [2.05, 4.69) is 35.1 Å². The zero-order valence-electron chi connectivity index (χ0n) is 10.8. The van der Waals surface area contributed by atoms with Crippen molar-refractivity contribution in [2.45, 2.75) is 33.2 Å². The number of nitro benzene ring substituents is 1. The van der Waals surface area contributed by atoms with Gasteiger partial charge in [-0.2, -0.15) is 0 Å². The van der Waals surface area contributed by atoms with E-state index in [0.29, 0.717) is 12.5 Å². The van der Waals surface area contributed by atoms with Crippen LogP contribution in [0.5, 0.6) is 0 Å². The maximum atomic E-state index is 10.7. The zero-order chi connectivity index (χ0) is 13.5. The lowest BCUT2D eigenvalue weighted by Gasteiger charge is -2.13. The highest BCUT2D eigenvalue weighted by Crippen LogP contribution is 2.21. The first-order valence-electron chi connectivity index (χ1n) is 6.21. The number of nitro groups is 1. The molecule has 0 saturated carbocycles. The van der Waals surface area contributed by atoms with Gasteiger partial charge in [-0.3, -0.25) is 10.1 Å². The van der Waals surface area contributed by atoms with E-state index in [9.17, 15) is 10.1 Å². The van der Waals surface area contributed by atoms with E-state index >= 15 is 0 Å². The summed E-state index contributed by atoms with van der Waals surface area (Å²) >= 11 is 3.30. The van der Waals surface area contributed by atoms with Gasteiger partial charge in [-0.05, 0) is 24.1 Å². The van der Waals surface area contributed by atoms with Crippen molar-refractivity contribution in [3.8, 4) is 0 Å². The normalized spacial score (nSPS) is 10.9. The van der Waals surface area contributed by atoms with Gasteiger partial charge in [0.2, 0.25) is 0 Å². The predicted molar refractivity (Wildman–Crippen MR) is 76.6 cm³/mol. The second kappa shape index (κ2) is 7.48. The molecular weight excluding hydrogens is 296 g/mol. The molecule has 18 heavy (non-hydrogen) atoms. The Bertz CT molecular complexity index is 406. The van der Waals surface area contributed by atoms with Crippen molar-refractivity contribution in [2.75, 3.05) is 6.54 Å². The lowest BCUT2D eigenvalue weighted by molar-refractivity contribution is -0.385. The van der Waals surface area contributed by atoms with Crippen molar-refractivity contribution >= 4 is 21.6 Å². The van der Waals surface area contributed by atoms with Gasteiger partial charge in [0.25, 0.3) is 5.69 Å². The van der Waals surface area contributed by atoms with Crippen molar-refractivity contribution in [3.63, 3.8) is 0 Å². The molecule has 0 aliphatic heterocycles. The fourth-order valence-electron chi connectivity index (χ4n) is 1.84. The quantitative estimate of drug-likeness (QED) is 0.613. The molecule has 0 aliphatic carbocycles. The van der Waals surface area contributed by atoms with Crippen LogP contribution in [0, 0.1) is 16.0 Å². The van der Waals surface area contributed by atoms with E-state index in [4.69, 9.17) is 0 Å².